The van der Waals surface area contributed by atoms with Crippen molar-refractivity contribution in [2.24, 2.45) is 0 Å². The van der Waals surface area contributed by atoms with Crippen molar-refractivity contribution in [1.29, 1.82) is 0 Å². The van der Waals surface area contributed by atoms with E-state index < -0.39 is 10.0 Å². The van der Waals surface area contributed by atoms with Crippen molar-refractivity contribution in [1.82, 2.24) is 9.21 Å². The average Bonchev–Trinajstić information content (AvgIpc) is 3.36. The molecule has 0 saturated carbocycles. The van der Waals surface area contributed by atoms with E-state index in [0.717, 1.165) is 12.8 Å². The fraction of sp³-hybridized carbons (Fsp3) is 0.435. The molecule has 0 radical (unpaired) electrons. The highest BCUT2D eigenvalue weighted by atomic mass is 32.2. The summed E-state index contributed by atoms with van der Waals surface area (Å²) in [6.45, 7) is 4.93. The predicted molar refractivity (Wildman–Crippen MR) is 120 cm³/mol. The van der Waals surface area contributed by atoms with Crippen molar-refractivity contribution in [3.8, 4) is 5.75 Å². The molecule has 0 atom stereocenters. The van der Waals surface area contributed by atoms with Gasteiger partial charge in [0.15, 0.2) is 0 Å². The quantitative estimate of drug-likeness (QED) is 0.662. The van der Waals surface area contributed by atoms with Crippen LogP contribution in [0.5, 0.6) is 5.75 Å². The van der Waals surface area contributed by atoms with Crippen LogP contribution in [0.1, 0.15) is 30.1 Å². The van der Waals surface area contributed by atoms with Gasteiger partial charge >= 0.3 is 0 Å². The lowest BCUT2D eigenvalue weighted by Gasteiger charge is -2.36. The molecule has 2 heterocycles. The Kier molecular flexibility index (Phi) is 6.66. The van der Waals surface area contributed by atoms with Crippen molar-refractivity contribution < 1.29 is 22.3 Å². The highest BCUT2D eigenvalue weighted by molar-refractivity contribution is 7.89. The Morgan fingerprint density at radius 3 is 2.34 bits per heavy atom. The third-order valence-electron chi connectivity index (χ3n) is 5.93. The number of amides is 1. The van der Waals surface area contributed by atoms with Gasteiger partial charge in [-0.05, 0) is 50.1 Å². The first kappa shape index (κ1) is 22.5. The van der Waals surface area contributed by atoms with Gasteiger partial charge in [-0.3, -0.25) is 4.79 Å². The molecule has 0 unspecified atom stereocenters. The number of anilines is 1. The predicted octanol–water partition coefficient (Wildman–Crippen LogP) is 2.97. The number of halogens is 1. The second-order valence-corrected chi connectivity index (χ2v) is 9.84. The van der Waals surface area contributed by atoms with Gasteiger partial charge in [-0.25, -0.2) is 12.8 Å². The number of nitrogens with zero attached hydrogens (tertiary/aromatic N) is 3. The Bertz CT molecular complexity index is 1080. The molecule has 0 N–H and O–H groups in total. The van der Waals surface area contributed by atoms with Crippen molar-refractivity contribution >= 4 is 21.6 Å². The molecule has 4 rings (SSSR count). The summed E-state index contributed by atoms with van der Waals surface area (Å²) in [6, 6.07) is 11.2. The van der Waals surface area contributed by atoms with Gasteiger partial charge in [0.05, 0.1) is 12.3 Å². The first-order valence-electron chi connectivity index (χ1n) is 11.0. The van der Waals surface area contributed by atoms with E-state index in [4.69, 9.17) is 4.74 Å². The van der Waals surface area contributed by atoms with E-state index in [9.17, 15) is 17.6 Å². The molecule has 2 fully saturated rings. The minimum atomic E-state index is -3.74. The van der Waals surface area contributed by atoms with E-state index in [1.54, 1.807) is 42.2 Å². The number of hydrogen-bond acceptors (Lipinski definition) is 5. The number of ether oxygens (including phenoxy) is 1. The smallest absolute Gasteiger partial charge is 0.254 e. The number of benzene rings is 2. The molecule has 2 aromatic rings. The second kappa shape index (κ2) is 9.46. The van der Waals surface area contributed by atoms with E-state index in [2.05, 4.69) is 0 Å². The largest absolute Gasteiger partial charge is 0.492 e. The summed E-state index contributed by atoms with van der Waals surface area (Å²) in [5.41, 5.74) is 0.838. The number of rotatable bonds is 6. The number of carbonyl (C=O) groups is 1. The molecular weight excluding hydrogens is 433 g/mol. The highest BCUT2D eigenvalue weighted by Crippen LogP contribution is 2.31. The summed E-state index contributed by atoms with van der Waals surface area (Å²) in [4.78, 5) is 16.8. The third kappa shape index (κ3) is 4.45. The SMILES string of the molecule is CCOc1ccc(C(=O)N2CCN(c3ccccc3F)CC2)cc1S(=O)(=O)N1CCCC1. The lowest BCUT2D eigenvalue weighted by molar-refractivity contribution is 0.0746. The number of carbonyl (C=O) groups excluding carboxylic acids is 1. The Morgan fingerprint density at radius 2 is 1.69 bits per heavy atom. The minimum absolute atomic E-state index is 0.0390. The summed E-state index contributed by atoms with van der Waals surface area (Å²) in [5.74, 6) is -0.255. The second-order valence-electron chi connectivity index (χ2n) is 7.94. The zero-order valence-corrected chi connectivity index (χ0v) is 19.0. The Balaban J connectivity index is 1.53. The first-order chi connectivity index (χ1) is 15.4. The molecule has 172 valence electrons. The molecule has 2 aromatic carbocycles. The maximum atomic E-state index is 14.1. The number of hydrogen-bond donors (Lipinski definition) is 0. The summed E-state index contributed by atoms with van der Waals surface area (Å²) >= 11 is 0. The van der Waals surface area contributed by atoms with Crippen LogP contribution in [0.2, 0.25) is 0 Å². The highest BCUT2D eigenvalue weighted by Gasteiger charge is 2.32. The molecular formula is C23H28FN3O4S. The molecule has 32 heavy (non-hydrogen) atoms. The Morgan fingerprint density at radius 1 is 1.00 bits per heavy atom. The lowest BCUT2D eigenvalue weighted by atomic mass is 10.1. The van der Waals surface area contributed by atoms with Crippen LogP contribution in [0, 0.1) is 5.82 Å². The number of sulfonamides is 1. The molecule has 0 aliphatic carbocycles. The van der Waals surface area contributed by atoms with Crippen molar-refractivity contribution in [3.63, 3.8) is 0 Å². The van der Waals surface area contributed by atoms with Crippen LogP contribution >= 0.6 is 0 Å². The van der Waals surface area contributed by atoms with Gasteiger partial charge < -0.3 is 14.5 Å². The van der Waals surface area contributed by atoms with Crippen LogP contribution < -0.4 is 9.64 Å². The maximum Gasteiger partial charge on any atom is 0.254 e. The summed E-state index contributed by atoms with van der Waals surface area (Å²) < 4.78 is 47.5. The summed E-state index contributed by atoms with van der Waals surface area (Å²) in [5, 5.41) is 0. The first-order valence-corrected chi connectivity index (χ1v) is 12.4. The molecule has 2 aliphatic rings. The van der Waals surface area contributed by atoms with Crippen LogP contribution in [0.4, 0.5) is 10.1 Å². The molecule has 7 nitrogen and oxygen atoms in total. The zero-order valence-electron chi connectivity index (χ0n) is 18.2. The molecule has 9 heteroatoms. The van der Waals surface area contributed by atoms with E-state index in [1.807, 2.05) is 4.90 Å². The van der Waals surface area contributed by atoms with Gasteiger partial charge in [0, 0.05) is 44.8 Å². The Hall–Kier alpha value is -2.65. The van der Waals surface area contributed by atoms with Gasteiger partial charge in [-0.1, -0.05) is 12.1 Å². The van der Waals surface area contributed by atoms with Crippen LogP contribution in [-0.4, -0.2) is 69.4 Å². The molecule has 2 saturated heterocycles. The third-order valence-corrected chi connectivity index (χ3v) is 7.85. The van der Waals surface area contributed by atoms with E-state index >= 15 is 0 Å². The fourth-order valence-electron chi connectivity index (χ4n) is 4.23. The van der Waals surface area contributed by atoms with Crippen LogP contribution in [-0.2, 0) is 10.0 Å². The number of piperazine rings is 1. The van der Waals surface area contributed by atoms with Crippen LogP contribution in [0.3, 0.4) is 0 Å². The summed E-state index contributed by atoms with van der Waals surface area (Å²) in [6.07, 6.45) is 1.65. The molecule has 0 bridgehead atoms. The molecule has 1 amide bonds. The van der Waals surface area contributed by atoms with Crippen molar-refractivity contribution in [3.05, 3.63) is 53.8 Å². The topological polar surface area (TPSA) is 70.2 Å². The maximum absolute atomic E-state index is 14.1. The van der Waals surface area contributed by atoms with Gasteiger partial charge in [0.25, 0.3) is 5.91 Å². The van der Waals surface area contributed by atoms with E-state index in [1.165, 1.54) is 16.4 Å². The number of para-hydroxylation sites is 1. The molecule has 2 aliphatic heterocycles. The Labute approximate surface area is 188 Å². The van der Waals surface area contributed by atoms with Gasteiger partial charge in [0.1, 0.15) is 16.5 Å². The standard InChI is InChI=1S/C23H28FN3O4S/c1-2-31-21-10-9-18(17-22(21)32(29,30)27-11-5-6-12-27)23(28)26-15-13-25(14-16-26)20-8-4-3-7-19(20)24/h3-4,7-10,17H,2,5-6,11-16H2,1H3. The van der Waals surface area contributed by atoms with Gasteiger partial charge in [-0.15, -0.1) is 0 Å². The average molecular weight is 462 g/mol. The normalized spacial score (nSPS) is 17.6. The van der Waals surface area contributed by atoms with E-state index in [0.29, 0.717) is 57.1 Å². The van der Waals surface area contributed by atoms with Crippen molar-refractivity contribution in [2.45, 2.75) is 24.7 Å². The van der Waals surface area contributed by atoms with Gasteiger partial charge in [-0.2, -0.15) is 4.31 Å². The molecule has 0 spiro atoms. The van der Waals surface area contributed by atoms with Gasteiger partial charge in [0.2, 0.25) is 10.0 Å². The monoisotopic (exact) mass is 461 g/mol. The zero-order chi connectivity index (χ0) is 22.7. The minimum Gasteiger partial charge on any atom is -0.492 e. The van der Waals surface area contributed by atoms with E-state index in [-0.39, 0.29) is 22.4 Å². The van der Waals surface area contributed by atoms with Crippen LogP contribution in [0.15, 0.2) is 47.4 Å². The molecule has 0 aromatic heterocycles. The summed E-state index contributed by atoms with van der Waals surface area (Å²) in [7, 11) is -3.74. The van der Waals surface area contributed by atoms with Crippen LogP contribution in [0.25, 0.3) is 0 Å². The fourth-order valence-corrected chi connectivity index (χ4v) is 5.90. The lowest BCUT2D eigenvalue weighted by Crippen LogP contribution is -2.49. The van der Waals surface area contributed by atoms with Crippen molar-refractivity contribution in [2.75, 3.05) is 50.8 Å².